The van der Waals surface area contributed by atoms with E-state index in [0.29, 0.717) is 16.9 Å². The lowest BCUT2D eigenvalue weighted by Crippen LogP contribution is -2.22. The van der Waals surface area contributed by atoms with Gasteiger partial charge in [0.05, 0.1) is 19.7 Å². The lowest BCUT2D eigenvalue weighted by Gasteiger charge is -2.30. The third kappa shape index (κ3) is 5.23. The third-order valence-electron chi connectivity index (χ3n) is 8.79. The maximum atomic E-state index is 15.6. The molecule has 5 rings (SSSR count). The summed E-state index contributed by atoms with van der Waals surface area (Å²) in [7, 11) is 1.47. The first-order chi connectivity index (χ1) is 18.5. The lowest BCUT2D eigenvalue weighted by atomic mass is 9.75. The number of carboxylic acids is 1. The first-order valence-corrected chi connectivity index (χ1v) is 13.5. The zero-order valence-electron chi connectivity index (χ0n) is 22.9. The van der Waals surface area contributed by atoms with Crippen LogP contribution < -0.4 is 9.47 Å². The van der Waals surface area contributed by atoms with Crippen LogP contribution in [0.1, 0.15) is 81.0 Å². The van der Waals surface area contributed by atoms with Crippen LogP contribution in [0.5, 0.6) is 11.6 Å². The van der Waals surface area contributed by atoms with Crippen molar-refractivity contribution in [2.24, 2.45) is 5.41 Å². The van der Waals surface area contributed by atoms with E-state index in [2.05, 4.69) is 18.8 Å². The highest BCUT2D eigenvalue weighted by atomic mass is 19.1. The van der Waals surface area contributed by atoms with Crippen LogP contribution in [0.15, 0.2) is 42.6 Å². The molecule has 2 aliphatic carbocycles. The van der Waals surface area contributed by atoms with Crippen LogP contribution in [0.4, 0.5) is 8.78 Å². The lowest BCUT2D eigenvalue weighted by molar-refractivity contribution is -0.138. The molecule has 1 fully saturated rings. The van der Waals surface area contributed by atoms with E-state index in [9.17, 15) is 9.90 Å². The molecule has 1 aromatic heterocycles. The van der Waals surface area contributed by atoms with Crippen LogP contribution >= 0.6 is 0 Å². The van der Waals surface area contributed by atoms with Crippen molar-refractivity contribution in [3.8, 4) is 22.8 Å². The topological polar surface area (TPSA) is 68.7 Å². The number of benzene rings is 2. The molecule has 39 heavy (non-hydrogen) atoms. The average Bonchev–Trinajstić information content (AvgIpc) is 3.41. The van der Waals surface area contributed by atoms with Gasteiger partial charge in [0, 0.05) is 22.6 Å². The SMILES string of the molecule is COc1cc(-c2cc(F)c(COc3ccc4c(c3)[C@@](C)(CC(=O)O)CC4)cc2C2CCCC2(C)C)c(F)cn1. The number of carbonyl (C=O) groups is 1. The molecule has 0 saturated heterocycles. The number of aliphatic carboxylic acids is 1. The fourth-order valence-electron chi connectivity index (χ4n) is 6.56. The summed E-state index contributed by atoms with van der Waals surface area (Å²) in [5.74, 6) is -0.868. The van der Waals surface area contributed by atoms with Crippen molar-refractivity contribution < 1.29 is 28.2 Å². The van der Waals surface area contributed by atoms with Gasteiger partial charge in [-0.05, 0) is 83.5 Å². The van der Waals surface area contributed by atoms with Crippen molar-refractivity contribution >= 4 is 5.97 Å². The van der Waals surface area contributed by atoms with Gasteiger partial charge in [-0.3, -0.25) is 4.79 Å². The quantitative estimate of drug-likeness (QED) is 0.322. The van der Waals surface area contributed by atoms with Crippen LogP contribution in [-0.4, -0.2) is 23.2 Å². The van der Waals surface area contributed by atoms with Gasteiger partial charge >= 0.3 is 5.97 Å². The Morgan fingerprint density at radius 3 is 2.56 bits per heavy atom. The van der Waals surface area contributed by atoms with Crippen LogP contribution in [0.2, 0.25) is 0 Å². The molecule has 3 aromatic rings. The van der Waals surface area contributed by atoms with E-state index in [-0.39, 0.29) is 35.8 Å². The molecule has 7 heteroatoms. The van der Waals surface area contributed by atoms with E-state index in [1.165, 1.54) is 19.2 Å². The van der Waals surface area contributed by atoms with Crippen LogP contribution in [0.25, 0.3) is 11.1 Å². The second kappa shape index (κ2) is 10.2. The number of ether oxygens (including phenoxy) is 2. The van der Waals surface area contributed by atoms with E-state index in [4.69, 9.17) is 9.47 Å². The maximum Gasteiger partial charge on any atom is 0.304 e. The fraction of sp³-hybridized carbons (Fsp3) is 0.438. The molecule has 2 aromatic carbocycles. The Hall–Kier alpha value is -3.48. The van der Waals surface area contributed by atoms with Gasteiger partial charge in [0.25, 0.3) is 0 Å². The summed E-state index contributed by atoms with van der Waals surface area (Å²) in [4.78, 5) is 15.4. The Balaban J connectivity index is 1.50. The molecule has 5 nitrogen and oxygen atoms in total. The van der Waals surface area contributed by atoms with E-state index in [0.717, 1.165) is 55.0 Å². The molecular formula is C32H35F2NO4. The summed E-state index contributed by atoms with van der Waals surface area (Å²) in [5, 5.41) is 9.41. The molecule has 1 unspecified atom stereocenters. The standard InChI is InChI=1S/C32H35F2NO4/c1-31(2)10-5-6-25(31)23-12-20(27(33)14-22(23)24-15-29(38-4)35-17-28(24)34)18-39-21-8-7-19-9-11-32(3,16-30(36)37)26(19)13-21/h7-8,12-15,17,25H,5-6,9-11,16,18H2,1-4H3,(H,36,37)/t25?,32-/m1/s1. The Bertz CT molecular complexity index is 1420. The highest BCUT2D eigenvalue weighted by Crippen LogP contribution is 2.52. The Morgan fingerprint density at radius 2 is 1.87 bits per heavy atom. The van der Waals surface area contributed by atoms with E-state index < -0.39 is 23.0 Å². The molecule has 0 bridgehead atoms. The monoisotopic (exact) mass is 535 g/mol. The smallest absolute Gasteiger partial charge is 0.304 e. The molecule has 1 N–H and O–H groups in total. The Morgan fingerprint density at radius 1 is 1.08 bits per heavy atom. The fourth-order valence-corrected chi connectivity index (χ4v) is 6.56. The molecule has 2 aliphatic rings. The van der Waals surface area contributed by atoms with Gasteiger partial charge < -0.3 is 14.6 Å². The highest BCUT2D eigenvalue weighted by Gasteiger charge is 2.38. The third-order valence-corrected chi connectivity index (χ3v) is 8.79. The minimum Gasteiger partial charge on any atom is -0.489 e. The number of carboxylic acid groups (broad SMARTS) is 1. The molecule has 2 atom stereocenters. The molecule has 0 radical (unpaired) electrons. The molecule has 1 heterocycles. The normalized spacial score (nSPS) is 21.5. The number of rotatable bonds is 8. The van der Waals surface area contributed by atoms with Crippen molar-refractivity contribution in [1.29, 1.82) is 0 Å². The number of methoxy groups -OCH3 is 1. The molecule has 1 saturated carbocycles. The van der Waals surface area contributed by atoms with E-state index >= 15 is 8.78 Å². The number of aromatic nitrogens is 1. The molecular weight excluding hydrogens is 500 g/mol. The van der Waals surface area contributed by atoms with E-state index in [1.54, 1.807) is 0 Å². The van der Waals surface area contributed by atoms with Crippen molar-refractivity contribution in [3.05, 3.63) is 76.5 Å². The second-order valence-electron chi connectivity index (χ2n) is 11.9. The van der Waals surface area contributed by atoms with Gasteiger partial charge in [0.1, 0.15) is 24.0 Å². The number of halogens is 2. The largest absolute Gasteiger partial charge is 0.489 e. The van der Waals surface area contributed by atoms with E-state index in [1.807, 2.05) is 31.2 Å². The summed E-state index contributed by atoms with van der Waals surface area (Å²) in [6.07, 6.45) is 5.77. The van der Waals surface area contributed by atoms with Gasteiger partial charge in [0.15, 0.2) is 0 Å². The second-order valence-corrected chi connectivity index (χ2v) is 11.9. The number of aryl methyl sites for hydroxylation is 1. The number of hydrogen-bond donors (Lipinski definition) is 1. The maximum absolute atomic E-state index is 15.6. The zero-order valence-corrected chi connectivity index (χ0v) is 22.9. The minimum atomic E-state index is -0.829. The summed E-state index contributed by atoms with van der Waals surface area (Å²) in [6, 6.07) is 10.5. The molecule has 0 aliphatic heterocycles. The number of nitrogens with zero attached hydrogens (tertiary/aromatic N) is 1. The van der Waals surface area contributed by atoms with Gasteiger partial charge in [0.2, 0.25) is 5.88 Å². The predicted molar refractivity (Wildman–Crippen MR) is 145 cm³/mol. The number of fused-ring (bicyclic) bond motifs is 1. The number of hydrogen-bond acceptors (Lipinski definition) is 4. The summed E-state index contributed by atoms with van der Waals surface area (Å²) in [5.41, 5.74) is 3.70. The van der Waals surface area contributed by atoms with Crippen molar-refractivity contribution in [2.75, 3.05) is 7.11 Å². The first kappa shape index (κ1) is 27.1. The number of pyridine rings is 1. The Kier molecular flexibility index (Phi) is 7.12. The average molecular weight is 536 g/mol. The van der Waals surface area contributed by atoms with Crippen LogP contribution in [-0.2, 0) is 23.2 Å². The van der Waals surface area contributed by atoms with Gasteiger partial charge in [-0.15, -0.1) is 0 Å². The highest BCUT2D eigenvalue weighted by molar-refractivity contribution is 5.71. The van der Waals surface area contributed by atoms with Crippen molar-refractivity contribution in [2.45, 2.75) is 77.2 Å². The predicted octanol–water partition coefficient (Wildman–Crippen LogP) is 7.59. The Labute approximate surface area is 228 Å². The van der Waals surface area contributed by atoms with Crippen molar-refractivity contribution in [1.82, 2.24) is 4.98 Å². The summed E-state index contributed by atoms with van der Waals surface area (Å²) < 4.78 is 41.9. The van der Waals surface area contributed by atoms with Gasteiger partial charge in [-0.2, -0.15) is 0 Å². The molecule has 0 amide bonds. The molecule has 206 valence electrons. The minimum absolute atomic E-state index is 0.00282. The van der Waals surface area contributed by atoms with Gasteiger partial charge in [-0.25, -0.2) is 13.8 Å². The zero-order chi connectivity index (χ0) is 27.9. The van der Waals surface area contributed by atoms with Gasteiger partial charge in [-0.1, -0.05) is 33.3 Å². The first-order valence-electron chi connectivity index (χ1n) is 13.5. The summed E-state index contributed by atoms with van der Waals surface area (Å²) >= 11 is 0. The molecule has 0 spiro atoms. The van der Waals surface area contributed by atoms with Crippen LogP contribution in [0, 0.1) is 17.0 Å². The van der Waals surface area contributed by atoms with Crippen LogP contribution in [0.3, 0.4) is 0 Å². The van der Waals surface area contributed by atoms with Crippen molar-refractivity contribution in [3.63, 3.8) is 0 Å². The summed E-state index contributed by atoms with van der Waals surface area (Å²) in [6.45, 7) is 6.38.